The molecule has 0 aliphatic heterocycles. The molecule has 0 amide bonds. The van der Waals surface area contributed by atoms with Crippen LogP contribution in [-0.2, 0) is 22.6 Å². The van der Waals surface area contributed by atoms with Crippen molar-refractivity contribution in [3.63, 3.8) is 0 Å². The number of hydrogen-bond donors (Lipinski definition) is 0. The maximum Gasteiger partial charge on any atom is 0.327 e. The third kappa shape index (κ3) is 3.71. The van der Waals surface area contributed by atoms with Gasteiger partial charge in [-0.1, -0.05) is 12.1 Å². The maximum absolute atomic E-state index is 12.8. The second-order valence-electron chi connectivity index (χ2n) is 5.68. The fourth-order valence-corrected chi connectivity index (χ4v) is 2.70. The summed E-state index contributed by atoms with van der Waals surface area (Å²) < 4.78 is 12.5. The van der Waals surface area contributed by atoms with Gasteiger partial charge >= 0.3 is 5.97 Å². The zero-order valence-electron chi connectivity index (χ0n) is 14.9. The van der Waals surface area contributed by atoms with Crippen LogP contribution in [0.15, 0.2) is 35.3 Å². The first kappa shape index (κ1) is 18.3. The molecule has 1 aromatic carbocycles. The van der Waals surface area contributed by atoms with E-state index in [1.54, 1.807) is 26.2 Å². The quantitative estimate of drug-likeness (QED) is 0.452. The Hall–Kier alpha value is -3.49. The number of benzene rings is 1. The number of nitrogens with zero attached hydrogens (tertiary/aromatic N) is 4. The Kier molecular flexibility index (Phi) is 5.30. The lowest BCUT2D eigenvalue weighted by Crippen LogP contribution is -2.24. The minimum absolute atomic E-state index is 0.0369. The Morgan fingerprint density at radius 1 is 1.22 bits per heavy atom. The molecule has 0 aliphatic carbocycles. The smallest absolute Gasteiger partial charge is 0.327 e. The summed E-state index contributed by atoms with van der Waals surface area (Å²) in [5.74, 6) is 0.194. The van der Waals surface area contributed by atoms with Crippen LogP contribution in [0.4, 0.5) is 0 Å². The van der Waals surface area contributed by atoms with Crippen LogP contribution in [0.2, 0.25) is 0 Å². The van der Waals surface area contributed by atoms with Crippen molar-refractivity contribution in [3.8, 4) is 5.75 Å². The number of ether oxygens (including phenoxy) is 2. The summed E-state index contributed by atoms with van der Waals surface area (Å²) >= 11 is 0. The molecular weight excluding hydrogens is 352 g/mol. The van der Waals surface area contributed by atoms with Crippen LogP contribution in [0.25, 0.3) is 10.9 Å². The standard InChI is InChI=1S/C18H18N4O5/c1-3-27-16(24)10-21-15-8-19-22(18(25)17(15)14(11-23)20-21)9-12-4-6-13(26-2)7-5-12/h4-8,11H,3,9-10H2,1-2H3. The first-order chi connectivity index (χ1) is 13.1. The number of aldehydes is 1. The highest BCUT2D eigenvalue weighted by atomic mass is 16.5. The van der Waals surface area contributed by atoms with Crippen molar-refractivity contribution in [2.45, 2.75) is 20.0 Å². The molecule has 0 radical (unpaired) electrons. The van der Waals surface area contributed by atoms with Gasteiger partial charge in [0.2, 0.25) is 0 Å². The lowest BCUT2D eigenvalue weighted by atomic mass is 10.2. The molecule has 0 saturated carbocycles. The second-order valence-corrected chi connectivity index (χ2v) is 5.68. The number of methoxy groups -OCH3 is 1. The average Bonchev–Trinajstić information content (AvgIpc) is 3.03. The van der Waals surface area contributed by atoms with Crippen molar-refractivity contribution in [1.82, 2.24) is 19.6 Å². The lowest BCUT2D eigenvalue weighted by Gasteiger charge is -2.07. The molecule has 0 saturated heterocycles. The zero-order chi connectivity index (χ0) is 19.4. The molecule has 0 N–H and O–H groups in total. The van der Waals surface area contributed by atoms with Gasteiger partial charge < -0.3 is 9.47 Å². The van der Waals surface area contributed by atoms with Gasteiger partial charge in [-0.3, -0.25) is 19.1 Å². The number of rotatable bonds is 7. The molecule has 3 rings (SSSR count). The van der Waals surface area contributed by atoms with Gasteiger partial charge in [0, 0.05) is 0 Å². The van der Waals surface area contributed by atoms with Crippen molar-refractivity contribution in [1.29, 1.82) is 0 Å². The van der Waals surface area contributed by atoms with E-state index in [2.05, 4.69) is 10.2 Å². The Balaban J connectivity index is 1.99. The van der Waals surface area contributed by atoms with Gasteiger partial charge in [0.25, 0.3) is 5.56 Å². The number of fused-ring (bicyclic) bond motifs is 1. The molecule has 9 heteroatoms. The van der Waals surface area contributed by atoms with E-state index in [4.69, 9.17) is 9.47 Å². The Bertz CT molecular complexity index is 1040. The van der Waals surface area contributed by atoms with Crippen LogP contribution in [0.1, 0.15) is 23.0 Å². The van der Waals surface area contributed by atoms with Crippen molar-refractivity contribution in [3.05, 3.63) is 52.1 Å². The number of carbonyl (C=O) groups excluding carboxylic acids is 2. The third-order valence-corrected chi connectivity index (χ3v) is 3.97. The molecule has 140 valence electrons. The summed E-state index contributed by atoms with van der Waals surface area (Å²) in [6, 6.07) is 7.21. The van der Waals surface area contributed by atoms with Crippen LogP contribution in [0.3, 0.4) is 0 Å². The highest BCUT2D eigenvalue weighted by molar-refractivity contribution is 5.94. The molecule has 0 spiro atoms. The summed E-state index contributed by atoms with van der Waals surface area (Å²) in [5, 5.41) is 8.31. The van der Waals surface area contributed by atoms with Crippen molar-refractivity contribution < 1.29 is 19.1 Å². The van der Waals surface area contributed by atoms with E-state index >= 15 is 0 Å². The van der Waals surface area contributed by atoms with E-state index in [9.17, 15) is 14.4 Å². The van der Waals surface area contributed by atoms with Gasteiger partial charge in [-0.25, -0.2) is 4.68 Å². The summed E-state index contributed by atoms with van der Waals surface area (Å²) in [6.45, 7) is 1.93. The topological polar surface area (TPSA) is 105 Å². The number of aromatic nitrogens is 4. The van der Waals surface area contributed by atoms with Crippen LogP contribution < -0.4 is 10.3 Å². The average molecular weight is 370 g/mol. The van der Waals surface area contributed by atoms with Crippen molar-refractivity contribution >= 4 is 23.2 Å². The van der Waals surface area contributed by atoms with E-state index < -0.39 is 11.5 Å². The SMILES string of the molecule is CCOC(=O)Cn1nc(C=O)c2c(=O)n(Cc3ccc(OC)cc3)ncc21. The normalized spacial score (nSPS) is 10.7. The van der Waals surface area contributed by atoms with Crippen LogP contribution in [-0.4, -0.2) is 45.5 Å². The second kappa shape index (κ2) is 7.81. The Morgan fingerprint density at radius 2 is 1.96 bits per heavy atom. The van der Waals surface area contributed by atoms with Gasteiger partial charge in [0.1, 0.15) is 18.0 Å². The fourth-order valence-electron chi connectivity index (χ4n) is 2.70. The molecule has 2 aromatic heterocycles. The van der Waals surface area contributed by atoms with Gasteiger partial charge in [-0.15, -0.1) is 0 Å². The summed E-state index contributed by atoms with van der Waals surface area (Å²) in [7, 11) is 1.57. The molecular formula is C18H18N4O5. The molecule has 0 fully saturated rings. The van der Waals surface area contributed by atoms with E-state index in [0.29, 0.717) is 17.6 Å². The zero-order valence-corrected chi connectivity index (χ0v) is 14.9. The minimum atomic E-state index is -0.512. The molecule has 27 heavy (non-hydrogen) atoms. The van der Waals surface area contributed by atoms with E-state index in [1.165, 1.54) is 15.6 Å². The summed E-state index contributed by atoms with van der Waals surface area (Å²) in [6.07, 6.45) is 1.91. The number of hydrogen-bond acceptors (Lipinski definition) is 7. The molecule has 3 aromatic rings. The monoisotopic (exact) mass is 370 g/mol. The van der Waals surface area contributed by atoms with E-state index in [-0.39, 0.29) is 30.8 Å². The largest absolute Gasteiger partial charge is 0.497 e. The molecule has 0 unspecified atom stereocenters. The first-order valence-electron chi connectivity index (χ1n) is 8.27. The maximum atomic E-state index is 12.8. The van der Waals surface area contributed by atoms with Crippen LogP contribution in [0, 0.1) is 0 Å². The predicted molar refractivity (Wildman–Crippen MR) is 95.9 cm³/mol. The van der Waals surface area contributed by atoms with Gasteiger partial charge in [0.15, 0.2) is 6.29 Å². The highest BCUT2D eigenvalue weighted by Crippen LogP contribution is 2.14. The molecule has 9 nitrogen and oxygen atoms in total. The van der Waals surface area contributed by atoms with Gasteiger partial charge in [-0.2, -0.15) is 10.2 Å². The summed E-state index contributed by atoms with van der Waals surface area (Å²) in [4.78, 5) is 35.9. The van der Waals surface area contributed by atoms with Crippen molar-refractivity contribution in [2.24, 2.45) is 0 Å². The van der Waals surface area contributed by atoms with Crippen molar-refractivity contribution in [2.75, 3.05) is 13.7 Å². The highest BCUT2D eigenvalue weighted by Gasteiger charge is 2.18. The van der Waals surface area contributed by atoms with Crippen LogP contribution in [0.5, 0.6) is 5.75 Å². The van der Waals surface area contributed by atoms with Crippen LogP contribution >= 0.6 is 0 Å². The van der Waals surface area contributed by atoms with E-state index in [0.717, 1.165) is 5.56 Å². The van der Waals surface area contributed by atoms with E-state index in [1.807, 2.05) is 12.1 Å². The number of esters is 1. The predicted octanol–water partition coefficient (Wildman–Crippen LogP) is 1.03. The summed E-state index contributed by atoms with van der Waals surface area (Å²) in [5.41, 5.74) is 0.656. The third-order valence-electron chi connectivity index (χ3n) is 3.97. The minimum Gasteiger partial charge on any atom is -0.497 e. The molecule has 2 heterocycles. The Morgan fingerprint density at radius 3 is 2.59 bits per heavy atom. The lowest BCUT2D eigenvalue weighted by molar-refractivity contribution is -0.143. The van der Waals surface area contributed by atoms with Gasteiger partial charge in [-0.05, 0) is 24.6 Å². The number of carbonyl (C=O) groups is 2. The van der Waals surface area contributed by atoms with Gasteiger partial charge in [0.05, 0.1) is 37.4 Å². The Labute approximate surface area is 154 Å². The molecule has 0 atom stereocenters. The first-order valence-corrected chi connectivity index (χ1v) is 8.27. The molecule has 0 bridgehead atoms. The molecule has 0 aliphatic rings. The fraction of sp³-hybridized carbons (Fsp3) is 0.278.